The molecule has 1 N–H and O–H groups in total. The molecule has 2 rings (SSSR count). The topological polar surface area (TPSA) is 47.9 Å². The average molecular weight is 315 g/mol. The average Bonchev–Trinajstić information content (AvgIpc) is 2.73. The number of hydrogen-bond acceptors (Lipinski definition) is 4. The zero-order valence-corrected chi connectivity index (χ0v) is 13.6. The predicted molar refractivity (Wildman–Crippen MR) is 81.3 cm³/mol. The Morgan fingerprint density at radius 2 is 1.90 bits per heavy atom. The van der Waals surface area contributed by atoms with Gasteiger partial charge in [0.25, 0.3) is 0 Å². The van der Waals surface area contributed by atoms with Gasteiger partial charge in [0.05, 0.1) is 6.10 Å². The molecule has 0 radical (unpaired) electrons. The molecule has 0 saturated carbocycles. The summed E-state index contributed by atoms with van der Waals surface area (Å²) in [4.78, 5) is 0. The lowest BCUT2D eigenvalue weighted by Crippen LogP contribution is -2.37. The van der Waals surface area contributed by atoms with Crippen LogP contribution in [-0.4, -0.2) is 36.5 Å². The standard InChI is InChI=1S/C16H23ClO4/c1-10(11-5-7-12(17)8-6-11)9-13-14(15(18)19-4)21-16(2,3)20-13/h5-8,10,13-15,18H,9H2,1-4H3. The van der Waals surface area contributed by atoms with Crippen LogP contribution in [0.4, 0.5) is 0 Å². The monoisotopic (exact) mass is 314 g/mol. The number of rotatable bonds is 5. The molecule has 0 bridgehead atoms. The van der Waals surface area contributed by atoms with Crippen LogP contribution in [0.2, 0.25) is 5.02 Å². The Bertz CT molecular complexity index is 460. The first-order chi connectivity index (χ1) is 9.82. The Morgan fingerprint density at radius 1 is 1.29 bits per heavy atom. The summed E-state index contributed by atoms with van der Waals surface area (Å²) in [5, 5.41) is 10.7. The second-order valence-corrected chi connectivity index (χ2v) is 6.39. The second kappa shape index (κ2) is 6.63. The summed E-state index contributed by atoms with van der Waals surface area (Å²) in [6.07, 6.45) is -0.967. The molecule has 1 aliphatic heterocycles. The van der Waals surface area contributed by atoms with Crippen LogP contribution in [0.15, 0.2) is 24.3 Å². The molecular weight excluding hydrogens is 292 g/mol. The lowest BCUT2D eigenvalue weighted by atomic mass is 9.93. The van der Waals surface area contributed by atoms with Gasteiger partial charge in [-0.3, -0.25) is 0 Å². The number of halogens is 1. The Balaban J connectivity index is 2.07. The third-order valence-corrected chi connectivity index (χ3v) is 4.02. The molecule has 118 valence electrons. The summed E-state index contributed by atoms with van der Waals surface area (Å²) >= 11 is 5.91. The Hall–Kier alpha value is -0.650. The molecule has 1 heterocycles. The van der Waals surface area contributed by atoms with Gasteiger partial charge in [-0.05, 0) is 43.9 Å². The van der Waals surface area contributed by atoms with Crippen molar-refractivity contribution in [1.29, 1.82) is 0 Å². The van der Waals surface area contributed by atoms with Crippen LogP contribution in [0.25, 0.3) is 0 Å². The smallest absolute Gasteiger partial charge is 0.183 e. The van der Waals surface area contributed by atoms with Gasteiger partial charge >= 0.3 is 0 Å². The van der Waals surface area contributed by atoms with E-state index in [1.165, 1.54) is 12.7 Å². The minimum atomic E-state index is -0.991. The van der Waals surface area contributed by atoms with Crippen molar-refractivity contribution in [3.05, 3.63) is 34.9 Å². The molecule has 21 heavy (non-hydrogen) atoms. The number of aliphatic hydroxyl groups excluding tert-OH is 1. The molecule has 0 spiro atoms. The maximum atomic E-state index is 9.94. The zero-order valence-electron chi connectivity index (χ0n) is 12.9. The highest BCUT2D eigenvalue weighted by molar-refractivity contribution is 6.30. The normalized spacial score (nSPS) is 27.5. The van der Waals surface area contributed by atoms with Crippen molar-refractivity contribution in [1.82, 2.24) is 0 Å². The molecule has 4 nitrogen and oxygen atoms in total. The van der Waals surface area contributed by atoms with Gasteiger partial charge in [0, 0.05) is 12.1 Å². The first-order valence-electron chi connectivity index (χ1n) is 7.14. The van der Waals surface area contributed by atoms with E-state index >= 15 is 0 Å². The van der Waals surface area contributed by atoms with E-state index in [2.05, 4.69) is 6.92 Å². The van der Waals surface area contributed by atoms with Crippen molar-refractivity contribution in [3.63, 3.8) is 0 Å². The van der Waals surface area contributed by atoms with E-state index in [-0.39, 0.29) is 12.0 Å². The van der Waals surface area contributed by atoms with Crippen molar-refractivity contribution in [3.8, 4) is 0 Å². The van der Waals surface area contributed by atoms with Gasteiger partial charge in [-0.25, -0.2) is 0 Å². The number of benzene rings is 1. The molecule has 0 amide bonds. The maximum Gasteiger partial charge on any atom is 0.183 e. The predicted octanol–water partition coefficient (Wildman–Crippen LogP) is 3.32. The van der Waals surface area contributed by atoms with Crippen LogP contribution in [-0.2, 0) is 14.2 Å². The summed E-state index contributed by atoms with van der Waals surface area (Å²) in [7, 11) is 1.46. The molecule has 1 aliphatic rings. The van der Waals surface area contributed by atoms with Crippen LogP contribution < -0.4 is 0 Å². The SMILES string of the molecule is COC(O)C1OC(C)(C)OC1CC(C)c1ccc(Cl)cc1. The molecule has 0 aromatic heterocycles. The van der Waals surface area contributed by atoms with E-state index in [1.54, 1.807) is 0 Å². The van der Waals surface area contributed by atoms with E-state index in [0.717, 1.165) is 11.4 Å². The fraction of sp³-hybridized carbons (Fsp3) is 0.625. The molecule has 4 atom stereocenters. The molecular formula is C16H23ClO4. The van der Waals surface area contributed by atoms with Crippen LogP contribution >= 0.6 is 11.6 Å². The Kier molecular flexibility index (Phi) is 5.28. The van der Waals surface area contributed by atoms with Crippen LogP contribution in [0.5, 0.6) is 0 Å². The summed E-state index contributed by atoms with van der Waals surface area (Å²) in [5.74, 6) is -0.453. The lowest BCUT2D eigenvalue weighted by Gasteiger charge is -2.23. The third-order valence-electron chi connectivity index (χ3n) is 3.77. The van der Waals surface area contributed by atoms with Gasteiger partial charge in [-0.2, -0.15) is 0 Å². The van der Waals surface area contributed by atoms with E-state index in [4.69, 9.17) is 25.8 Å². The lowest BCUT2D eigenvalue weighted by molar-refractivity contribution is -0.191. The maximum absolute atomic E-state index is 9.94. The number of methoxy groups -OCH3 is 1. The summed E-state index contributed by atoms with van der Waals surface area (Å²) < 4.78 is 16.7. The highest BCUT2D eigenvalue weighted by atomic mass is 35.5. The summed E-state index contributed by atoms with van der Waals surface area (Å²) in [6, 6.07) is 7.78. The largest absolute Gasteiger partial charge is 0.366 e. The molecule has 1 saturated heterocycles. The molecule has 0 aliphatic carbocycles. The highest BCUT2D eigenvalue weighted by Crippen LogP contribution is 2.35. The van der Waals surface area contributed by atoms with Crippen molar-refractivity contribution in [2.24, 2.45) is 0 Å². The van der Waals surface area contributed by atoms with Crippen LogP contribution in [0, 0.1) is 0 Å². The van der Waals surface area contributed by atoms with Gasteiger partial charge < -0.3 is 19.3 Å². The van der Waals surface area contributed by atoms with Gasteiger partial charge in [0.2, 0.25) is 0 Å². The Labute approximate surface area is 131 Å². The minimum absolute atomic E-state index is 0.222. The van der Waals surface area contributed by atoms with Crippen molar-refractivity contribution in [2.75, 3.05) is 7.11 Å². The molecule has 1 aromatic carbocycles. The van der Waals surface area contributed by atoms with Crippen LogP contribution in [0.1, 0.15) is 38.7 Å². The van der Waals surface area contributed by atoms with E-state index in [1.807, 2.05) is 38.1 Å². The molecule has 1 fully saturated rings. The van der Waals surface area contributed by atoms with Crippen molar-refractivity contribution in [2.45, 2.75) is 57.4 Å². The minimum Gasteiger partial charge on any atom is -0.366 e. The summed E-state index contributed by atoms with van der Waals surface area (Å²) in [5.41, 5.74) is 1.18. The second-order valence-electron chi connectivity index (χ2n) is 5.95. The number of ether oxygens (including phenoxy) is 3. The van der Waals surface area contributed by atoms with Crippen LogP contribution in [0.3, 0.4) is 0 Å². The first-order valence-corrected chi connectivity index (χ1v) is 7.52. The highest BCUT2D eigenvalue weighted by Gasteiger charge is 2.45. The van der Waals surface area contributed by atoms with Crippen molar-refractivity contribution >= 4 is 11.6 Å². The van der Waals surface area contributed by atoms with E-state index in [9.17, 15) is 5.11 Å². The Morgan fingerprint density at radius 3 is 2.48 bits per heavy atom. The van der Waals surface area contributed by atoms with Gasteiger partial charge in [-0.15, -0.1) is 0 Å². The molecule has 5 heteroatoms. The fourth-order valence-corrected chi connectivity index (χ4v) is 2.82. The number of aliphatic hydroxyl groups is 1. The molecule has 4 unspecified atom stereocenters. The summed E-state index contributed by atoms with van der Waals surface area (Å²) in [6.45, 7) is 5.80. The van der Waals surface area contributed by atoms with E-state index < -0.39 is 18.2 Å². The van der Waals surface area contributed by atoms with Gasteiger partial charge in [-0.1, -0.05) is 30.7 Å². The fourth-order valence-electron chi connectivity index (χ4n) is 2.70. The van der Waals surface area contributed by atoms with Crippen molar-refractivity contribution < 1.29 is 19.3 Å². The first kappa shape index (κ1) is 16.7. The number of hydrogen-bond donors (Lipinski definition) is 1. The zero-order chi connectivity index (χ0) is 15.6. The quantitative estimate of drug-likeness (QED) is 0.847. The third kappa shape index (κ3) is 4.18. The van der Waals surface area contributed by atoms with Gasteiger partial charge in [0.15, 0.2) is 12.1 Å². The molecule has 1 aromatic rings. The van der Waals surface area contributed by atoms with E-state index in [0.29, 0.717) is 0 Å². The van der Waals surface area contributed by atoms with Gasteiger partial charge in [0.1, 0.15) is 6.10 Å².